The van der Waals surface area contributed by atoms with Crippen LogP contribution in [0.15, 0.2) is 6.07 Å². The van der Waals surface area contributed by atoms with Gasteiger partial charge in [0, 0.05) is 17.7 Å². The van der Waals surface area contributed by atoms with Gasteiger partial charge in [-0.2, -0.15) is 5.10 Å². The number of amides is 1. The highest BCUT2D eigenvalue weighted by atomic mass is 16.4. The molecule has 0 radical (unpaired) electrons. The number of likely N-dealkylation sites (tertiary alicyclic amines) is 1. The smallest absolute Gasteiger partial charge is 0.326 e. The Morgan fingerprint density at radius 3 is 2.56 bits per heavy atom. The Labute approximate surface area is 148 Å². The Hall–Kier alpha value is -1.85. The number of nitrogens with zero attached hydrogens (tertiary/aromatic N) is 2. The second-order valence-electron chi connectivity index (χ2n) is 7.96. The third kappa shape index (κ3) is 3.07. The van der Waals surface area contributed by atoms with Crippen molar-refractivity contribution in [1.29, 1.82) is 0 Å². The van der Waals surface area contributed by atoms with E-state index in [0.717, 1.165) is 44.2 Å². The number of hydrogen-bond acceptors (Lipinski definition) is 3. The summed E-state index contributed by atoms with van der Waals surface area (Å²) >= 11 is 0. The Morgan fingerprint density at radius 2 is 1.80 bits per heavy atom. The Bertz CT molecular complexity index is 650. The number of hydrogen-bond donors (Lipinski definition) is 2. The minimum absolute atomic E-state index is 0.0668. The first-order valence-corrected chi connectivity index (χ1v) is 9.76. The van der Waals surface area contributed by atoms with Crippen LogP contribution in [0.4, 0.5) is 0 Å². The molecule has 3 fully saturated rings. The van der Waals surface area contributed by atoms with Crippen LogP contribution in [-0.2, 0) is 4.79 Å². The molecule has 136 valence electrons. The zero-order valence-corrected chi connectivity index (χ0v) is 14.6. The molecule has 3 aliphatic rings. The molecular formula is C19H27N3O3. The fourth-order valence-electron chi connectivity index (χ4n) is 5.17. The van der Waals surface area contributed by atoms with Crippen LogP contribution in [0.3, 0.4) is 0 Å². The molecule has 2 heterocycles. The fraction of sp³-hybridized carbons (Fsp3) is 0.737. The van der Waals surface area contributed by atoms with E-state index in [1.165, 1.54) is 19.3 Å². The van der Waals surface area contributed by atoms with E-state index >= 15 is 0 Å². The first-order chi connectivity index (χ1) is 12.1. The van der Waals surface area contributed by atoms with Crippen LogP contribution in [-0.4, -0.2) is 44.2 Å². The van der Waals surface area contributed by atoms with Crippen molar-refractivity contribution in [3.63, 3.8) is 0 Å². The van der Waals surface area contributed by atoms with Gasteiger partial charge in [0.1, 0.15) is 11.7 Å². The molecule has 1 amide bonds. The molecule has 2 aliphatic carbocycles. The third-order valence-corrected chi connectivity index (χ3v) is 6.47. The molecule has 3 unspecified atom stereocenters. The van der Waals surface area contributed by atoms with Crippen molar-refractivity contribution in [1.82, 2.24) is 15.1 Å². The number of carboxylic acids is 1. The number of carbonyl (C=O) groups excluding carboxylic acids is 1. The van der Waals surface area contributed by atoms with Gasteiger partial charge in [-0.3, -0.25) is 9.89 Å². The molecule has 6 heteroatoms. The number of carbonyl (C=O) groups is 2. The Morgan fingerprint density at radius 1 is 1.08 bits per heavy atom. The van der Waals surface area contributed by atoms with E-state index in [0.29, 0.717) is 24.0 Å². The van der Waals surface area contributed by atoms with E-state index in [-0.39, 0.29) is 11.9 Å². The predicted molar refractivity (Wildman–Crippen MR) is 92.4 cm³/mol. The van der Waals surface area contributed by atoms with Gasteiger partial charge in [0.25, 0.3) is 5.91 Å². The number of aromatic amines is 1. The van der Waals surface area contributed by atoms with Crippen LogP contribution in [0.2, 0.25) is 0 Å². The topological polar surface area (TPSA) is 86.3 Å². The molecule has 4 rings (SSSR count). The number of fused-ring (bicyclic) bond motifs is 1. The van der Waals surface area contributed by atoms with Crippen molar-refractivity contribution in [2.45, 2.75) is 82.2 Å². The average Bonchev–Trinajstić information content (AvgIpc) is 3.27. The lowest BCUT2D eigenvalue weighted by Gasteiger charge is -2.32. The average molecular weight is 345 g/mol. The van der Waals surface area contributed by atoms with E-state index in [1.54, 1.807) is 4.90 Å². The maximum atomic E-state index is 13.1. The zero-order chi connectivity index (χ0) is 17.4. The second-order valence-corrected chi connectivity index (χ2v) is 7.96. The lowest BCUT2D eigenvalue weighted by molar-refractivity contribution is -0.141. The van der Waals surface area contributed by atoms with Gasteiger partial charge >= 0.3 is 5.97 Å². The van der Waals surface area contributed by atoms with Gasteiger partial charge in [0.05, 0.1) is 0 Å². The number of aromatic nitrogens is 2. The summed E-state index contributed by atoms with van der Waals surface area (Å²) in [5.74, 6) is -0.305. The van der Waals surface area contributed by atoms with Crippen molar-refractivity contribution in [3.8, 4) is 0 Å². The molecule has 1 saturated heterocycles. The normalized spacial score (nSPS) is 30.2. The van der Waals surface area contributed by atoms with Crippen LogP contribution >= 0.6 is 0 Å². The third-order valence-electron chi connectivity index (χ3n) is 6.47. The van der Waals surface area contributed by atoms with E-state index in [9.17, 15) is 14.7 Å². The van der Waals surface area contributed by atoms with Crippen LogP contribution in [0.25, 0.3) is 0 Å². The molecule has 6 nitrogen and oxygen atoms in total. The van der Waals surface area contributed by atoms with Crippen molar-refractivity contribution >= 4 is 11.9 Å². The van der Waals surface area contributed by atoms with E-state index in [2.05, 4.69) is 10.2 Å². The van der Waals surface area contributed by atoms with Crippen LogP contribution in [0, 0.1) is 5.92 Å². The Balaban J connectivity index is 1.56. The largest absolute Gasteiger partial charge is 0.480 e. The highest BCUT2D eigenvalue weighted by Gasteiger charge is 2.48. The summed E-state index contributed by atoms with van der Waals surface area (Å²) in [6.45, 7) is 0. The maximum Gasteiger partial charge on any atom is 0.326 e. The van der Waals surface area contributed by atoms with Gasteiger partial charge in [0.2, 0.25) is 0 Å². The van der Waals surface area contributed by atoms with Crippen molar-refractivity contribution in [3.05, 3.63) is 17.5 Å². The summed E-state index contributed by atoms with van der Waals surface area (Å²) in [6, 6.07) is 1.24. The molecular weight excluding hydrogens is 318 g/mol. The van der Waals surface area contributed by atoms with E-state index in [1.807, 2.05) is 6.07 Å². The minimum Gasteiger partial charge on any atom is -0.480 e. The summed E-state index contributed by atoms with van der Waals surface area (Å²) in [7, 11) is 0. The standard InChI is InChI=1S/C19H27N3O3/c23-18(15-11-14(20-21-15)12-6-2-1-3-7-12)22-16-9-5-4-8-13(16)10-17(22)19(24)25/h11-13,16-17H,1-10H2,(H,20,21)(H,24,25). The van der Waals surface area contributed by atoms with Gasteiger partial charge in [-0.15, -0.1) is 0 Å². The summed E-state index contributed by atoms with van der Waals surface area (Å²) < 4.78 is 0. The molecule has 1 aromatic rings. The van der Waals surface area contributed by atoms with Crippen LogP contribution in [0.1, 0.15) is 86.3 Å². The number of nitrogens with one attached hydrogen (secondary N) is 1. The first kappa shape index (κ1) is 16.6. The predicted octanol–water partition coefficient (Wildman–Crippen LogP) is 3.32. The van der Waals surface area contributed by atoms with E-state index < -0.39 is 12.0 Å². The summed E-state index contributed by atoms with van der Waals surface area (Å²) in [6.07, 6.45) is 10.8. The maximum absolute atomic E-state index is 13.1. The fourth-order valence-corrected chi connectivity index (χ4v) is 5.17. The van der Waals surface area contributed by atoms with E-state index in [4.69, 9.17) is 0 Å². The molecule has 25 heavy (non-hydrogen) atoms. The summed E-state index contributed by atoms with van der Waals surface area (Å²) in [5.41, 5.74) is 1.42. The number of rotatable bonds is 3. The molecule has 2 N–H and O–H groups in total. The summed E-state index contributed by atoms with van der Waals surface area (Å²) in [4.78, 5) is 26.4. The van der Waals surface area contributed by atoms with Gasteiger partial charge in [0.15, 0.2) is 0 Å². The molecule has 1 aromatic heterocycles. The first-order valence-electron chi connectivity index (χ1n) is 9.76. The molecule has 0 spiro atoms. The second kappa shape index (κ2) is 6.81. The van der Waals surface area contributed by atoms with Crippen molar-refractivity contribution < 1.29 is 14.7 Å². The highest BCUT2D eigenvalue weighted by molar-refractivity contribution is 5.95. The number of aliphatic carboxylic acids is 1. The molecule has 0 aromatic carbocycles. The molecule has 2 saturated carbocycles. The number of carboxylic acid groups (broad SMARTS) is 1. The van der Waals surface area contributed by atoms with Gasteiger partial charge in [-0.25, -0.2) is 4.79 Å². The van der Waals surface area contributed by atoms with Crippen LogP contribution in [0.5, 0.6) is 0 Å². The lowest BCUT2D eigenvalue weighted by atomic mass is 9.84. The van der Waals surface area contributed by atoms with Crippen LogP contribution < -0.4 is 0 Å². The van der Waals surface area contributed by atoms with Crippen molar-refractivity contribution in [2.24, 2.45) is 5.92 Å². The quantitative estimate of drug-likeness (QED) is 0.880. The monoisotopic (exact) mass is 345 g/mol. The zero-order valence-electron chi connectivity index (χ0n) is 14.6. The highest BCUT2D eigenvalue weighted by Crippen LogP contribution is 2.40. The van der Waals surface area contributed by atoms with Gasteiger partial charge in [-0.1, -0.05) is 32.1 Å². The Kier molecular flexibility index (Phi) is 4.52. The minimum atomic E-state index is -0.884. The molecule has 3 atom stereocenters. The lowest BCUT2D eigenvalue weighted by Crippen LogP contribution is -2.46. The SMILES string of the molecule is O=C(O)C1CC2CCCCC2N1C(=O)c1cc(C2CCCCC2)[nH]n1. The number of H-pyrrole nitrogens is 1. The molecule has 0 bridgehead atoms. The van der Waals surface area contributed by atoms with Gasteiger partial charge in [-0.05, 0) is 44.1 Å². The van der Waals surface area contributed by atoms with Crippen molar-refractivity contribution in [2.75, 3.05) is 0 Å². The van der Waals surface area contributed by atoms with Gasteiger partial charge < -0.3 is 10.0 Å². The molecule has 1 aliphatic heterocycles. The summed E-state index contributed by atoms with van der Waals surface area (Å²) in [5, 5.41) is 16.9.